The number of rotatable bonds is 7. The van der Waals surface area contributed by atoms with Gasteiger partial charge in [-0.3, -0.25) is 0 Å². The van der Waals surface area contributed by atoms with E-state index < -0.39 is 11.5 Å². The molecule has 2 aliphatic rings. The lowest BCUT2D eigenvalue weighted by atomic mass is 9.33. The van der Waals surface area contributed by atoms with Crippen molar-refractivity contribution < 1.29 is 11.3 Å². The number of nitrogens with zero attached hydrogens (tertiary/aromatic N) is 2. The molecule has 422 valence electrons. The van der Waals surface area contributed by atoms with Crippen LogP contribution < -0.4 is 26.2 Å². The Morgan fingerprint density at radius 3 is 1.33 bits per heavy atom. The zero-order chi connectivity index (χ0) is 64.0. The second kappa shape index (κ2) is 20.3. The first kappa shape index (κ1) is 49.2. The van der Waals surface area contributed by atoms with Crippen molar-refractivity contribution in [2.75, 3.05) is 9.80 Å². The summed E-state index contributed by atoms with van der Waals surface area (Å²) >= 11 is 0. The molecule has 86 heavy (non-hydrogen) atoms. The summed E-state index contributed by atoms with van der Waals surface area (Å²) in [5, 5.41) is 1.89. The van der Waals surface area contributed by atoms with Crippen LogP contribution in [0, 0.1) is 0 Å². The molecule has 0 spiro atoms. The van der Waals surface area contributed by atoms with Crippen LogP contribution >= 0.6 is 0 Å². The number of fused-ring (bicyclic) bond motifs is 7. The first-order valence-corrected chi connectivity index (χ1v) is 30.3. The average molecular weight is 1120 g/mol. The van der Waals surface area contributed by atoms with E-state index >= 15 is 0 Å². The lowest BCUT2D eigenvalue weighted by Crippen LogP contribution is -2.61. The number of furan rings is 1. The predicted molar refractivity (Wildman–Crippen MR) is 370 cm³/mol. The van der Waals surface area contributed by atoms with E-state index in [0.29, 0.717) is 5.56 Å². The molecule has 3 heterocycles. The maximum absolute atomic E-state index is 9.44. The summed E-state index contributed by atoms with van der Waals surface area (Å²) in [6.07, 6.45) is 0. The molecule has 0 atom stereocenters. The van der Waals surface area contributed by atoms with Crippen molar-refractivity contribution >= 4 is 79.2 Å². The Labute approximate surface area is 516 Å². The molecule has 0 N–H and O–H groups in total. The van der Waals surface area contributed by atoms with Gasteiger partial charge in [0.1, 0.15) is 11.2 Å². The Bertz CT molecular complexity index is 4810. The van der Waals surface area contributed by atoms with Crippen molar-refractivity contribution in [1.82, 2.24) is 0 Å². The molecule has 0 bridgehead atoms. The molecule has 0 fully saturated rings. The van der Waals surface area contributed by atoms with Gasteiger partial charge < -0.3 is 14.2 Å². The van der Waals surface area contributed by atoms with Gasteiger partial charge in [-0.15, -0.1) is 0 Å². The third-order valence-electron chi connectivity index (χ3n) is 17.9. The summed E-state index contributed by atoms with van der Waals surface area (Å²) in [4.78, 5) is 5.03. The SMILES string of the molecule is [2H]c1c([2H])c([2H])c(-c2ccc3c(c2)N(c2cc(-c4ccccc4)cc4oc5ccccc5c24)c2cc(C(C)(C)C)cc4c2B3c2ccc(-c3cc(C(C)(C)C)cc(C(C)(C)C)c3)cc2N4c2c(-c3ccccc3)cc(C(C)(C)C)cc2-c2ccccc2)c([2H])c1[2H]. The van der Waals surface area contributed by atoms with Gasteiger partial charge in [0, 0.05) is 39.3 Å². The highest BCUT2D eigenvalue weighted by Crippen LogP contribution is 2.54. The zero-order valence-electron chi connectivity index (χ0n) is 56.5. The van der Waals surface area contributed by atoms with Crippen LogP contribution in [0.15, 0.2) is 241 Å². The van der Waals surface area contributed by atoms with E-state index in [2.05, 4.69) is 275 Å². The van der Waals surface area contributed by atoms with Crippen molar-refractivity contribution in [1.29, 1.82) is 0 Å². The van der Waals surface area contributed by atoms with Gasteiger partial charge in [0.25, 0.3) is 6.71 Å². The van der Waals surface area contributed by atoms with Crippen molar-refractivity contribution in [3.63, 3.8) is 0 Å². The molecule has 12 aromatic rings. The maximum atomic E-state index is 9.44. The largest absolute Gasteiger partial charge is 0.456 e. The second-order valence-corrected chi connectivity index (χ2v) is 27.9. The number of hydrogen-bond acceptors (Lipinski definition) is 3. The molecule has 1 aromatic heterocycles. The Hall–Kier alpha value is -9.12. The molecule has 0 unspecified atom stereocenters. The van der Waals surface area contributed by atoms with Gasteiger partial charge in [-0.2, -0.15) is 0 Å². The minimum atomic E-state index is -0.428. The minimum absolute atomic E-state index is 0.125. The van der Waals surface area contributed by atoms with E-state index in [1.165, 1.54) is 16.7 Å². The number of benzene rings is 11. The fraction of sp³-hybridized carbons (Fsp3) is 0.195. The summed E-state index contributed by atoms with van der Waals surface area (Å²) in [6.45, 7) is 27.3. The van der Waals surface area contributed by atoms with E-state index in [9.17, 15) is 2.74 Å². The molecule has 4 heteroatoms. The number of para-hydroxylation sites is 1. The molecule has 0 radical (unpaired) electrons. The molecule has 0 aliphatic carbocycles. The van der Waals surface area contributed by atoms with Gasteiger partial charge in [0.15, 0.2) is 0 Å². The van der Waals surface area contributed by atoms with Gasteiger partial charge in [-0.1, -0.05) is 265 Å². The Kier molecular flexibility index (Phi) is 11.6. The average Bonchev–Trinajstić information content (AvgIpc) is 1.02. The van der Waals surface area contributed by atoms with E-state index in [1.807, 2.05) is 24.3 Å². The smallest absolute Gasteiger partial charge is 0.252 e. The van der Waals surface area contributed by atoms with E-state index in [-0.39, 0.29) is 52.7 Å². The van der Waals surface area contributed by atoms with Crippen LogP contribution in [0.2, 0.25) is 0 Å². The molecule has 0 amide bonds. The van der Waals surface area contributed by atoms with Crippen molar-refractivity contribution in [2.24, 2.45) is 0 Å². The first-order chi connectivity index (χ1) is 43.2. The first-order valence-electron chi connectivity index (χ1n) is 32.8. The summed E-state index contributed by atoms with van der Waals surface area (Å²) in [7, 11) is 0. The van der Waals surface area contributed by atoms with Gasteiger partial charge in [-0.25, -0.2) is 0 Å². The highest BCUT2D eigenvalue weighted by Gasteiger charge is 2.46. The van der Waals surface area contributed by atoms with Gasteiger partial charge in [0.2, 0.25) is 0 Å². The molecule has 11 aromatic carbocycles. The second-order valence-electron chi connectivity index (χ2n) is 27.9. The fourth-order valence-electron chi connectivity index (χ4n) is 13.1. The summed E-state index contributed by atoms with van der Waals surface area (Å²) in [5.41, 5.74) is 23.9. The quantitative estimate of drug-likeness (QED) is 0.148. The topological polar surface area (TPSA) is 19.6 Å². The Morgan fingerprint density at radius 2 is 0.779 bits per heavy atom. The van der Waals surface area contributed by atoms with Crippen LogP contribution in [0.3, 0.4) is 0 Å². The van der Waals surface area contributed by atoms with Crippen molar-refractivity contribution in [3.8, 4) is 55.6 Å². The number of hydrogen-bond donors (Lipinski definition) is 0. The number of anilines is 6. The molecule has 0 saturated carbocycles. The van der Waals surface area contributed by atoms with E-state index in [1.54, 1.807) is 0 Å². The van der Waals surface area contributed by atoms with Crippen molar-refractivity contribution in [2.45, 2.75) is 105 Å². The van der Waals surface area contributed by atoms with Crippen LogP contribution in [-0.2, 0) is 21.7 Å². The standard InChI is InChI=1S/C82H75BN2O/c1-79(2,3)60-41-58(42-61(47-60)80(4,5)6)57-38-40-68-70(44-57)85(78-65(54-31-21-15-22-32-54)48-62(81(7,8)9)49-66(78)55-33-23-16-24-34-55)73-51-63(82(10,11)12)50-72-77(73)83(68)67-39-37-56(52-27-17-13-18-28-52)43-69(67)84(72)71-45-59(53-29-19-14-20-30-53)46-75-76(71)64-35-25-26-36-74(64)86-75/h13-51H,1-12H3/i13D,17D,18D,27D,28D. The Morgan fingerprint density at radius 1 is 0.337 bits per heavy atom. The molecule has 0 saturated heterocycles. The lowest BCUT2D eigenvalue weighted by Gasteiger charge is -2.46. The normalized spacial score (nSPS) is 14.1. The molecule has 2 aliphatic heterocycles. The zero-order valence-corrected chi connectivity index (χ0v) is 51.5. The lowest BCUT2D eigenvalue weighted by molar-refractivity contribution is 0.569. The van der Waals surface area contributed by atoms with Gasteiger partial charge >= 0.3 is 0 Å². The monoisotopic (exact) mass is 1120 g/mol. The highest BCUT2D eigenvalue weighted by atomic mass is 16.3. The third-order valence-corrected chi connectivity index (χ3v) is 17.9. The molecule has 3 nitrogen and oxygen atoms in total. The van der Waals surface area contributed by atoms with Gasteiger partial charge in [0.05, 0.1) is 23.6 Å². The van der Waals surface area contributed by atoms with Gasteiger partial charge in [-0.05, 0) is 159 Å². The van der Waals surface area contributed by atoms with Crippen LogP contribution in [0.1, 0.15) is 112 Å². The van der Waals surface area contributed by atoms with Crippen LogP contribution in [-0.4, -0.2) is 6.71 Å². The summed E-state index contributed by atoms with van der Waals surface area (Å²) in [5.74, 6) is 0. The highest BCUT2D eigenvalue weighted by molar-refractivity contribution is 7.00. The maximum Gasteiger partial charge on any atom is 0.252 e. The molecular formula is C82H75BN2O. The third kappa shape index (κ3) is 9.46. The van der Waals surface area contributed by atoms with E-state index in [0.717, 1.165) is 123 Å². The fourth-order valence-corrected chi connectivity index (χ4v) is 13.1. The predicted octanol–water partition coefficient (Wildman–Crippen LogP) is 21.2. The molecular weight excluding hydrogens is 1040 g/mol. The van der Waals surface area contributed by atoms with Crippen molar-refractivity contribution in [3.05, 3.63) is 259 Å². The minimum Gasteiger partial charge on any atom is -0.456 e. The molecule has 14 rings (SSSR count). The van der Waals surface area contributed by atoms with E-state index in [4.69, 9.17) is 8.53 Å². The summed E-state index contributed by atoms with van der Waals surface area (Å²) in [6, 6.07) is 73.6. The van der Waals surface area contributed by atoms with Crippen LogP contribution in [0.5, 0.6) is 0 Å². The van der Waals surface area contributed by atoms with Crippen LogP contribution in [0.25, 0.3) is 77.6 Å². The Balaban J connectivity index is 1.19. The summed E-state index contributed by atoms with van der Waals surface area (Å²) < 4.78 is 52.4. The van der Waals surface area contributed by atoms with Crippen LogP contribution in [0.4, 0.5) is 34.1 Å².